The largest absolute Gasteiger partial charge is 0.394 e. The fraction of sp³-hybridized carbons (Fsp3) is 0.688. The molecular formula is C16H26N6O4. The maximum absolute atomic E-state index is 10.4. The molecule has 26 heavy (non-hydrogen) atoms. The monoisotopic (exact) mass is 366 g/mol. The Kier molecular flexibility index (Phi) is 5.87. The van der Waals surface area contributed by atoms with Gasteiger partial charge in [0.1, 0.15) is 24.6 Å². The fourth-order valence-corrected chi connectivity index (χ4v) is 3.14. The molecule has 2 aromatic rings. The first-order valence-corrected chi connectivity index (χ1v) is 8.93. The van der Waals surface area contributed by atoms with Crippen LogP contribution in [0.5, 0.6) is 0 Å². The third-order valence-corrected chi connectivity index (χ3v) is 4.59. The van der Waals surface area contributed by atoms with Gasteiger partial charge in [-0.2, -0.15) is 0 Å². The molecule has 0 amide bonds. The number of aliphatic hydroxyl groups excluding tert-OH is 3. The van der Waals surface area contributed by atoms with E-state index in [1.807, 2.05) is 0 Å². The molecule has 3 rings (SSSR count). The van der Waals surface area contributed by atoms with E-state index in [2.05, 4.69) is 27.2 Å². The van der Waals surface area contributed by atoms with Gasteiger partial charge in [0, 0.05) is 6.54 Å². The number of imidazole rings is 1. The molecule has 2 aromatic heterocycles. The van der Waals surface area contributed by atoms with Crippen molar-refractivity contribution >= 4 is 22.9 Å². The normalized spacial score (nSPS) is 25.8. The van der Waals surface area contributed by atoms with Crippen LogP contribution in [-0.2, 0) is 4.74 Å². The summed E-state index contributed by atoms with van der Waals surface area (Å²) in [4.78, 5) is 12.6. The molecule has 0 spiro atoms. The SMILES string of the molecule is CCCCCCNc1nc2c(N)ncnc2n1[C@@H]1OC(CO)[C@@H](O)[C@H]1O. The average Bonchev–Trinajstić information content (AvgIpc) is 3.14. The first-order valence-electron chi connectivity index (χ1n) is 8.93. The van der Waals surface area contributed by atoms with E-state index in [1.165, 1.54) is 6.33 Å². The Morgan fingerprint density at radius 1 is 1.23 bits per heavy atom. The second-order valence-electron chi connectivity index (χ2n) is 6.45. The van der Waals surface area contributed by atoms with Crippen LogP contribution in [-0.4, -0.2) is 66.3 Å². The van der Waals surface area contributed by atoms with Gasteiger partial charge in [0.15, 0.2) is 23.2 Å². The zero-order valence-electron chi connectivity index (χ0n) is 14.7. The van der Waals surface area contributed by atoms with Gasteiger partial charge in [-0.15, -0.1) is 0 Å². The molecule has 0 saturated carbocycles. The van der Waals surface area contributed by atoms with Crippen LogP contribution in [0.2, 0.25) is 0 Å². The van der Waals surface area contributed by atoms with Gasteiger partial charge in [-0.25, -0.2) is 15.0 Å². The zero-order chi connectivity index (χ0) is 18.7. The molecular weight excluding hydrogens is 340 g/mol. The van der Waals surface area contributed by atoms with Crippen molar-refractivity contribution in [3.63, 3.8) is 0 Å². The highest BCUT2D eigenvalue weighted by atomic mass is 16.6. The Morgan fingerprint density at radius 3 is 2.73 bits per heavy atom. The van der Waals surface area contributed by atoms with E-state index in [4.69, 9.17) is 10.5 Å². The Bertz CT molecular complexity index is 739. The molecule has 144 valence electrons. The molecule has 4 atom stereocenters. The summed E-state index contributed by atoms with van der Waals surface area (Å²) in [5.41, 5.74) is 6.68. The van der Waals surface area contributed by atoms with E-state index in [0.717, 1.165) is 25.7 Å². The molecule has 1 unspecified atom stereocenters. The third kappa shape index (κ3) is 3.45. The molecule has 10 nitrogen and oxygen atoms in total. The van der Waals surface area contributed by atoms with Gasteiger partial charge in [0.05, 0.1) is 6.61 Å². The number of fused-ring (bicyclic) bond motifs is 1. The number of nitrogens with zero attached hydrogens (tertiary/aromatic N) is 4. The molecule has 0 radical (unpaired) electrons. The van der Waals surface area contributed by atoms with Crippen LogP contribution >= 0.6 is 0 Å². The Balaban J connectivity index is 1.91. The quantitative estimate of drug-likeness (QED) is 0.407. The Labute approximate surface area is 151 Å². The van der Waals surface area contributed by atoms with Crippen molar-refractivity contribution in [3.05, 3.63) is 6.33 Å². The average molecular weight is 366 g/mol. The maximum atomic E-state index is 10.4. The van der Waals surface area contributed by atoms with Gasteiger partial charge in [-0.1, -0.05) is 26.2 Å². The molecule has 1 aliphatic rings. The molecule has 0 bridgehead atoms. The van der Waals surface area contributed by atoms with Crippen molar-refractivity contribution < 1.29 is 20.1 Å². The highest BCUT2D eigenvalue weighted by Crippen LogP contribution is 2.35. The highest BCUT2D eigenvalue weighted by molar-refractivity contribution is 5.84. The lowest BCUT2D eigenvalue weighted by Gasteiger charge is -2.19. The number of aliphatic hydroxyl groups is 3. The van der Waals surface area contributed by atoms with Gasteiger partial charge >= 0.3 is 0 Å². The number of hydrogen-bond acceptors (Lipinski definition) is 9. The van der Waals surface area contributed by atoms with E-state index in [9.17, 15) is 15.3 Å². The molecule has 3 heterocycles. The molecule has 0 aromatic carbocycles. The van der Waals surface area contributed by atoms with Gasteiger partial charge in [-0.3, -0.25) is 4.57 Å². The zero-order valence-corrected chi connectivity index (χ0v) is 14.7. The molecule has 1 fully saturated rings. The van der Waals surface area contributed by atoms with Crippen molar-refractivity contribution in [2.45, 2.75) is 57.1 Å². The minimum Gasteiger partial charge on any atom is -0.394 e. The lowest BCUT2D eigenvalue weighted by atomic mass is 10.1. The van der Waals surface area contributed by atoms with Crippen molar-refractivity contribution in [1.82, 2.24) is 19.5 Å². The molecule has 10 heteroatoms. The summed E-state index contributed by atoms with van der Waals surface area (Å²) in [6.07, 6.45) is 1.40. The predicted molar refractivity (Wildman–Crippen MR) is 95.4 cm³/mol. The highest BCUT2D eigenvalue weighted by Gasteiger charge is 2.45. The number of anilines is 2. The van der Waals surface area contributed by atoms with E-state index >= 15 is 0 Å². The first-order chi connectivity index (χ1) is 12.6. The van der Waals surface area contributed by atoms with E-state index in [1.54, 1.807) is 4.57 Å². The number of aromatic nitrogens is 4. The van der Waals surface area contributed by atoms with Gasteiger partial charge in [0.25, 0.3) is 0 Å². The molecule has 1 saturated heterocycles. The van der Waals surface area contributed by atoms with Crippen molar-refractivity contribution in [2.24, 2.45) is 0 Å². The maximum Gasteiger partial charge on any atom is 0.207 e. The minimum absolute atomic E-state index is 0.217. The molecule has 6 N–H and O–H groups in total. The van der Waals surface area contributed by atoms with Crippen LogP contribution in [0.15, 0.2) is 6.33 Å². The van der Waals surface area contributed by atoms with Crippen molar-refractivity contribution in [3.8, 4) is 0 Å². The topological polar surface area (TPSA) is 152 Å². The summed E-state index contributed by atoms with van der Waals surface area (Å²) in [6, 6.07) is 0. The van der Waals surface area contributed by atoms with E-state index in [0.29, 0.717) is 23.7 Å². The number of hydrogen-bond donors (Lipinski definition) is 5. The number of ether oxygens (including phenoxy) is 1. The fourth-order valence-electron chi connectivity index (χ4n) is 3.14. The third-order valence-electron chi connectivity index (χ3n) is 4.59. The Morgan fingerprint density at radius 2 is 2.04 bits per heavy atom. The smallest absolute Gasteiger partial charge is 0.207 e. The summed E-state index contributed by atoms with van der Waals surface area (Å²) in [5, 5.41) is 33.0. The summed E-state index contributed by atoms with van der Waals surface area (Å²) in [5.74, 6) is 0.646. The van der Waals surface area contributed by atoms with E-state index in [-0.39, 0.29) is 5.82 Å². The summed E-state index contributed by atoms with van der Waals surface area (Å²) in [6.45, 7) is 2.43. The second kappa shape index (κ2) is 8.12. The summed E-state index contributed by atoms with van der Waals surface area (Å²) < 4.78 is 7.21. The molecule has 1 aliphatic heterocycles. The van der Waals surface area contributed by atoms with Gasteiger partial charge in [0.2, 0.25) is 5.95 Å². The number of nitrogen functional groups attached to an aromatic ring is 1. The number of nitrogens with one attached hydrogen (secondary N) is 1. The number of nitrogens with two attached hydrogens (primary N) is 1. The van der Waals surface area contributed by atoms with Crippen molar-refractivity contribution in [2.75, 3.05) is 24.2 Å². The molecule has 0 aliphatic carbocycles. The van der Waals surface area contributed by atoms with Crippen molar-refractivity contribution in [1.29, 1.82) is 0 Å². The predicted octanol–water partition coefficient (Wildman–Crippen LogP) is 0.0122. The summed E-state index contributed by atoms with van der Waals surface area (Å²) >= 11 is 0. The van der Waals surface area contributed by atoms with Crippen LogP contribution in [0.25, 0.3) is 11.2 Å². The van der Waals surface area contributed by atoms with E-state index < -0.39 is 31.1 Å². The van der Waals surface area contributed by atoms with Crippen LogP contribution in [0.1, 0.15) is 38.8 Å². The number of unbranched alkanes of at least 4 members (excludes halogenated alkanes) is 3. The lowest BCUT2D eigenvalue weighted by molar-refractivity contribution is -0.0501. The number of rotatable bonds is 8. The summed E-state index contributed by atoms with van der Waals surface area (Å²) in [7, 11) is 0. The first kappa shape index (κ1) is 18.8. The van der Waals surface area contributed by atoms with Gasteiger partial charge in [-0.05, 0) is 6.42 Å². The van der Waals surface area contributed by atoms with Crippen LogP contribution in [0, 0.1) is 0 Å². The van der Waals surface area contributed by atoms with Crippen LogP contribution in [0.4, 0.5) is 11.8 Å². The van der Waals surface area contributed by atoms with Crippen LogP contribution in [0.3, 0.4) is 0 Å². The van der Waals surface area contributed by atoms with Gasteiger partial charge < -0.3 is 31.1 Å². The minimum atomic E-state index is -1.23. The Hall–Kier alpha value is -2.01. The second-order valence-corrected chi connectivity index (χ2v) is 6.45. The standard InChI is InChI=1S/C16H26N6O4/c1-2-3-4-5-6-18-16-21-10-13(17)19-8-20-14(10)22(16)15-12(25)11(24)9(7-23)26-15/h8-9,11-12,15,23-25H,2-7H2,1H3,(H,18,21)(H2,17,19,20)/t9?,11-,12-,15-/m1/s1. The van der Waals surface area contributed by atoms with Crippen LogP contribution < -0.4 is 11.1 Å². The lowest BCUT2D eigenvalue weighted by Crippen LogP contribution is -2.33.